The predicted octanol–water partition coefficient (Wildman–Crippen LogP) is 5.31. The van der Waals surface area contributed by atoms with Gasteiger partial charge in [-0.15, -0.1) is 0 Å². The summed E-state index contributed by atoms with van der Waals surface area (Å²) in [4.78, 5) is 8.00. The minimum absolute atomic E-state index is 1.04. The molecule has 0 aliphatic rings. The second-order valence-electron chi connectivity index (χ2n) is 6.04. The van der Waals surface area contributed by atoms with Crippen molar-refractivity contribution in [3.63, 3.8) is 0 Å². The van der Waals surface area contributed by atoms with Crippen molar-refractivity contribution in [2.24, 2.45) is 0 Å². The smallest absolute Gasteiger partial charge is 0.0681 e. The number of pyridine rings is 1. The maximum atomic E-state index is 4.41. The van der Waals surface area contributed by atoms with Gasteiger partial charge in [0.15, 0.2) is 0 Å². The zero-order valence-electron chi connectivity index (χ0n) is 13.1. The van der Waals surface area contributed by atoms with Gasteiger partial charge in [-0.05, 0) is 50.1 Å². The molecule has 1 N–H and O–H groups in total. The van der Waals surface area contributed by atoms with E-state index in [1.54, 1.807) is 0 Å². The predicted molar refractivity (Wildman–Crippen MR) is 93.2 cm³/mol. The largest absolute Gasteiger partial charge is 0.353 e. The van der Waals surface area contributed by atoms with E-state index in [2.05, 4.69) is 73.2 Å². The molecule has 2 aromatic heterocycles. The molecule has 0 radical (unpaired) electrons. The number of benzene rings is 2. The number of aromatic amines is 1. The zero-order chi connectivity index (χ0) is 15.3. The highest BCUT2D eigenvalue weighted by Gasteiger charge is 2.12. The van der Waals surface area contributed by atoms with Crippen molar-refractivity contribution in [1.82, 2.24) is 9.97 Å². The van der Waals surface area contributed by atoms with E-state index in [4.69, 9.17) is 0 Å². The number of H-pyrrole nitrogens is 1. The molecule has 0 atom stereocenters. The minimum atomic E-state index is 1.04. The first-order chi connectivity index (χ1) is 10.6. The Hall–Kier alpha value is -2.61. The standard InChI is InChI=1S/C20H18N2/c1-12-4-6-15(7-5-12)17-10-13(2)11-18-16-8-9-21-14(3)19(16)22-20(17)18/h4-11,22H,1-3H3. The molecule has 4 rings (SSSR count). The van der Waals surface area contributed by atoms with Crippen LogP contribution in [0.4, 0.5) is 0 Å². The Morgan fingerprint density at radius 3 is 2.32 bits per heavy atom. The molecule has 0 saturated heterocycles. The van der Waals surface area contributed by atoms with Crippen molar-refractivity contribution >= 4 is 21.8 Å². The molecule has 0 saturated carbocycles. The molecule has 2 aromatic carbocycles. The van der Waals surface area contributed by atoms with Crippen molar-refractivity contribution in [3.05, 3.63) is 65.5 Å². The van der Waals surface area contributed by atoms with Crippen molar-refractivity contribution in [1.29, 1.82) is 0 Å². The van der Waals surface area contributed by atoms with E-state index in [1.165, 1.54) is 38.5 Å². The third kappa shape index (κ3) is 1.92. The second kappa shape index (κ2) is 4.70. The second-order valence-corrected chi connectivity index (χ2v) is 6.04. The molecular weight excluding hydrogens is 268 g/mol. The summed E-state index contributed by atoms with van der Waals surface area (Å²) in [6.45, 7) is 6.33. The van der Waals surface area contributed by atoms with Crippen LogP contribution in [0.15, 0.2) is 48.7 Å². The highest BCUT2D eigenvalue weighted by atomic mass is 14.8. The Kier molecular flexibility index (Phi) is 2.80. The Balaban J connectivity index is 2.12. The first-order valence-electron chi connectivity index (χ1n) is 7.58. The Labute approximate surface area is 129 Å². The van der Waals surface area contributed by atoms with Crippen molar-refractivity contribution in [2.75, 3.05) is 0 Å². The lowest BCUT2D eigenvalue weighted by molar-refractivity contribution is 1.22. The Morgan fingerprint density at radius 2 is 1.55 bits per heavy atom. The van der Waals surface area contributed by atoms with Crippen LogP contribution in [0.2, 0.25) is 0 Å². The molecule has 108 valence electrons. The van der Waals surface area contributed by atoms with Gasteiger partial charge in [0.25, 0.3) is 0 Å². The average molecular weight is 286 g/mol. The van der Waals surface area contributed by atoms with E-state index in [0.29, 0.717) is 0 Å². The van der Waals surface area contributed by atoms with E-state index >= 15 is 0 Å². The molecule has 0 aliphatic carbocycles. The quantitative estimate of drug-likeness (QED) is 0.505. The normalized spacial score (nSPS) is 11.4. The molecule has 0 fully saturated rings. The molecule has 0 bridgehead atoms. The van der Waals surface area contributed by atoms with Gasteiger partial charge in [0.1, 0.15) is 0 Å². The number of rotatable bonds is 1. The fourth-order valence-corrected chi connectivity index (χ4v) is 3.17. The van der Waals surface area contributed by atoms with E-state index < -0.39 is 0 Å². The SMILES string of the molecule is Cc1ccc(-c2cc(C)cc3c2[nH]c2c(C)nccc23)cc1. The number of hydrogen-bond acceptors (Lipinski definition) is 1. The highest BCUT2D eigenvalue weighted by Crippen LogP contribution is 2.34. The molecule has 0 unspecified atom stereocenters. The fraction of sp³-hybridized carbons (Fsp3) is 0.150. The van der Waals surface area contributed by atoms with Crippen molar-refractivity contribution in [2.45, 2.75) is 20.8 Å². The number of fused-ring (bicyclic) bond motifs is 3. The van der Waals surface area contributed by atoms with Crippen LogP contribution in [0, 0.1) is 20.8 Å². The Morgan fingerprint density at radius 1 is 0.773 bits per heavy atom. The van der Waals surface area contributed by atoms with Gasteiger partial charge in [-0.3, -0.25) is 4.98 Å². The summed E-state index contributed by atoms with van der Waals surface area (Å²) < 4.78 is 0. The third-order valence-electron chi connectivity index (χ3n) is 4.33. The molecule has 2 heteroatoms. The summed E-state index contributed by atoms with van der Waals surface area (Å²) >= 11 is 0. The zero-order valence-corrected chi connectivity index (χ0v) is 13.1. The molecule has 4 aromatic rings. The van der Waals surface area contributed by atoms with E-state index in [9.17, 15) is 0 Å². The summed E-state index contributed by atoms with van der Waals surface area (Å²) in [5.41, 5.74) is 8.43. The van der Waals surface area contributed by atoms with Gasteiger partial charge in [0.2, 0.25) is 0 Å². The van der Waals surface area contributed by atoms with Crippen molar-refractivity contribution < 1.29 is 0 Å². The van der Waals surface area contributed by atoms with Crippen LogP contribution in [0.1, 0.15) is 16.8 Å². The first kappa shape index (κ1) is 13.1. The van der Waals surface area contributed by atoms with Crippen LogP contribution >= 0.6 is 0 Å². The summed E-state index contributed by atoms with van der Waals surface area (Å²) in [5.74, 6) is 0. The number of nitrogens with one attached hydrogen (secondary N) is 1. The Bertz CT molecular complexity index is 992. The monoisotopic (exact) mass is 286 g/mol. The van der Waals surface area contributed by atoms with Crippen LogP contribution in [-0.4, -0.2) is 9.97 Å². The third-order valence-corrected chi connectivity index (χ3v) is 4.33. The summed E-state index contributed by atoms with van der Waals surface area (Å²) in [5, 5.41) is 2.52. The van der Waals surface area contributed by atoms with Crippen LogP contribution < -0.4 is 0 Å². The van der Waals surface area contributed by atoms with E-state index in [-0.39, 0.29) is 0 Å². The molecule has 0 aliphatic heterocycles. The molecule has 0 amide bonds. The summed E-state index contributed by atoms with van der Waals surface area (Å²) in [6, 6.07) is 15.3. The van der Waals surface area contributed by atoms with Crippen LogP contribution in [0.3, 0.4) is 0 Å². The van der Waals surface area contributed by atoms with Gasteiger partial charge in [-0.2, -0.15) is 0 Å². The summed E-state index contributed by atoms with van der Waals surface area (Å²) in [7, 11) is 0. The lowest BCUT2D eigenvalue weighted by Crippen LogP contribution is -1.83. The summed E-state index contributed by atoms with van der Waals surface area (Å²) in [6.07, 6.45) is 1.89. The van der Waals surface area contributed by atoms with Gasteiger partial charge in [-0.1, -0.05) is 29.8 Å². The van der Waals surface area contributed by atoms with Crippen molar-refractivity contribution in [3.8, 4) is 11.1 Å². The number of nitrogens with zero attached hydrogens (tertiary/aromatic N) is 1. The number of aromatic nitrogens is 2. The van der Waals surface area contributed by atoms with Gasteiger partial charge in [0.05, 0.1) is 16.7 Å². The number of aryl methyl sites for hydroxylation is 3. The molecule has 2 heterocycles. The lowest BCUT2D eigenvalue weighted by atomic mass is 9.99. The van der Waals surface area contributed by atoms with E-state index in [1.807, 2.05) is 6.20 Å². The highest BCUT2D eigenvalue weighted by molar-refractivity contribution is 6.12. The number of hydrogen-bond donors (Lipinski definition) is 1. The fourth-order valence-electron chi connectivity index (χ4n) is 3.17. The maximum Gasteiger partial charge on any atom is 0.0681 e. The molecular formula is C20H18N2. The topological polar surface area (TPSA) is 28.7 Å². The van der Waals surface area contributed by atoms with Gasteiger partial charge < -0.3 is 4.98 Å². The average Bonchev–Trinajstić information content (AvgIpc) is 2.88. The lowest BCUT2D eigenvalue weighted by Gasteiger charge is -2.06. The van der Waals surface area contributed by atoms with Crippen LogP contribution in [0.25, 0.3) is 32.9 Å². The minimum Gasteiger partial charge on any atom is -0.353 e. The van der Waals surface area contributed by atoms with Crippen LogP contribution in [-0.2, 0) is 0 Å². The first-order valence-corrected chi connectivity index (χ1v) is 7.58. The van der Waals surface area contributed by atoms with E-state index in [0.717, 1.165) is 11.2 Å². The van der Waals surface area contributed by atoms with Gasteiger partial charge in [0, 0.05) is 22.5 Å². The molecule has 2 nitrogen and oxygen atoms in total. The van der Waals surface area contributed by atoms with Gasteiger partial charge >= 0.3 is 0 Å². The van der Waals surface area contributed by atoms with Gasteiger partial charge in [-0.25, -0.2) is 0 Å². The molecule has 22 heavy (non-hydrogen) atoms. The molecule has 0 spiro atoms. The maximum absolute atomic E-state index is 4.41. The van der Waals surface area contributed by atoms with Crippen LogP contribution in [0.5, 0.6) is 0 Å².